The minimum Gasteiger partial charge on any atom is -0.256 e. The fourth-order valence-corrected chi connectivity index (χ4v) is 5.63. The van der Waals surface area contributed by atoms with Gasteiger partial charge in [0.15, 0.2) is 17.5 Å². The van der Waals surface area contributed by atoms with E-state index >= 15 is 0 Å². The van der Waals surface area contributed by atoms with E-state index < -0.39 is 0 Å². The summed E-state index contributed by atoms with van der Waals surface area (Å²) in [6, 6.07) is 51.4. The maximum atomic E-state index is 5.02. The molecule has 3 aromatic heterocycles. The number of hydrogen-bond donors (Lipinski definition) is 0. The summed E-state index contributed by atoms with van der Waals surface area (Å²) in [6.07, 6.45) is 3.79. The van der Waals surface area contributed by atoms with E-state index in [1.165, 1.54) is 0 Å². The fourth-order valence-electron chi connectivity index (χ4n) is 5.63. The Morgan fingerprint density at radius 3 is 1.39 bits per heavy atom. The second-order valence-electron chi connectivity index (χ2n) is 11.0. The van der Waals surface area contributed by atoms with Gasteiger partial charge < -0.3 is 0 Å². The number of pyridine rings is 2. The van der Waals surface area contributed by atoms with Gasteiger partial charge in [0.05, 0.1) is 11.4 Å². The second kappa shape index (κ2) is 12.0. The average molecular weight is 590 g/mol. The molecule has 0 amide bonds. The Kier molecular flexibility index (Phi) is 7.09. The van der Waals surface area contributed by atoms with E-state index in [1.54, 1.807) is 0 Å². The van der Waals surface area contributed by atoms with Gasteiger partial charge in [-0.25, -0.2) is 15.0 Å². The zero-order chi connectivity index (χ0) is 30.7. The Morgan fingerprint density at radius 1 is 0.304 bits per heavy atom. The van der Waals surface area contributed by atoms with Crippen LogP contribution in [0.25, 0.3) is 78.6 Å². The average Bonchev–Trinajstić information content (AvgIpc) is 3.15. The number of fused-ring (bicyclic) bond motifs is 1. The molecule has 0 spiro atoms. The summed E-state index contributed by atoms with van der Waals surface area (Å²) in [5.41, 5.74) is 8.55. The van der Waals surface area contributed by atoms with Crippen molar-refractivity contribution >= 4 is 10.8 Å². The van der Waals surface area contributed by atoms with Gasteiger partial charge in [-0.05, 0) is 52.9 Å². The first kappa shape index (κ1) is 27.2. The third-order valence-electron chi connectivity index (χ3n) is 7.98. The van der Waals surface area contributed by atoms with E-state index in [0.29, 0.717) is 17.5 Å². The third kappa shape index (κ3) is 5.53. The van der Waals surface area contributed by atoms with Crippen LogP contribution >= 0.6 is 0 Å². The molecule has 216 valence electrons. The van der Waals surface area contributed by atoms with Crippen LogP contribution in [0, 0.1) is 0 Å². The minimum absolute atomic E-state index is 0.579. The predicted octanol–water partition coefficient (Wildman–Crippen LogP) is 9.82. The van der Waals surface area contributed by atoms with Gasteiger partial charge in [0.2, 0.25) is 0 Å². The molecule has 5 nitrogen and oxygen atoms in total. The summed E-state index contributed by atoms with van der Waals surface area (Å²) < 4.78 is 0. The molecule has 46 heavy (non-hydrogen) atoms. The summed E-state index contributed by atoms with van der Waals surface area (Å²) in [4.78, 5) is 24.6. The van der Waals surface area contributed by atoms with E-state index in [9.17, 15) is 0 Å². The molecule has 0 saturated carbocycles. The first-order valence-corrected chi connectivity index (χ1v) is 15.2. The molecule has 0 fully saturated rings. The lowest BCUT2D eigenvalue weighted by Crippen LogP contribution is -2.00. The summed E-state index contributed by atoms with van der Waals surface area (Å²) in [6.45, 7) is 0. The van der Waals surface area contributed by atoms with Crippen LogP contribution in [0.2, 0.25) is 0 Å². The van der Waals surface area contributed by atoms with Crippen LogP contribution in [0.4, 0.5) is 0 Å². The monoisotopic (exact) mass is 589 g/mol. The van der Waals surface area contributed by atoms with Gasteiger partial charge in [-0.15, -0.1) is 0 Å². The van der Waals surface area contributed by atoms with Crippen molar-refractivity contribution < 1.29 is 0 Å². The van der Waals surface area contributed by atoms with Crippen molar-refractivity contribution in [3.05, 3.63) is 164 Å². The molecule has 0 N–H and O–H groups in total. The molecule has 0 saturated heterocycles. The minimum atomic E-state index is 0.579. The highest BCUT2D eigenvalue weighted by atomic mass is 15.0. The third-order valence-corrected chi connectivity index (χ3v) is 7.98. The van der Waals surface area contributed by atoms with Crippen LogP contribution in [0.15, 0.2) is 164 Å². The van der Waals surface area contributed by atoms with Crippen molar-refractivity contribution in [3.63, 3.8) is 0 Å². The Labute approximate surface area is 267 Å². The van der Waals surface area contributed by atoms with Gasteiger partial charge >= 0.3 is 0 Å². The Balaban J connectivity index is 1.34. The smallest absolute Gasteiger partial charge is 0.164 e. The molecule has 8 rings (SSSR count). The molecule has 0 aliphatic carbocycles. The first-order chi connectivity index (χ1) is 22.8. The van der Waals surface area contributed by atoms with Gasteiger partial charge in [0.25, 0.3) is 0 Å². The first-order valence-electron chi connectivity index (χ1n) is 15.2. The molecule has 0 atom stereocenters. The maximum absolute atomic E-state index is 5.02. The molecular formula is C41H27N5. The number of hydrogen-bond acceptors (Lipinski definition) is 5. The van der Waals surface area contributed by atoms with Crippen LogP contribution in [0.3, 0.4) is 0 Å². The quantitative estimate of drug-likeness (QED) is 0.193. The maximum Gasteiger partial charge on any atom is 0.164 e. The van der Waals surface area contributed by atoms with Gasteiger partial charge in [-0.1, -0.05) is 115 Å². The van der Waals surface area contributed by atoms with Crippen LogP contribution in [0.1, 0.15) is 0 Å². The van der Waals surface area contributed by atoms with E-state index in [1.807, 2.05) is 97.3 Å². The second-order valence-corrected chi connectivity index (χ2v) is 11.0. The molecule has 0 unspecified atom stereocenters. The lowest BCUT2D eigenvalue weighted by molar-refractivity contribution is 1.07. The van der Waals surface area contributed by atoms with Gasteiger partial charge in [0, 0.05) is 45.6 Å². The number of benzene rings is 5. The van der Waals surface area contributed by atoms with E-state index in [0.717, 1.165) is 61.1 Å². The van der Waals surface area contributed by atoms with Gasteiger partial charge in [-0.2, -0.15) is 0 Å². The molecule has 3 heterocycles. The van der Waals surface area contributed by atoms with Crippen molar-refractivity contribution in [2.75, 3.05) is 0 Å². The molecule has 0 bridgehead atoms. The summed E-state index contributed by atoms with van der Waals surface area (Å²) >= 11 is 0. The molecule has 5 aromatic carbocycles. The van der Waals surface area contributed by atoms with E-state index in [2.05, 4.69) is 66.7 Å². The summed E-state index contributed by atoms with van der Waals surface area (Å²) in [5, 5.41) is 2.22. The Bertz CT molecular complexity index is 2250. The van der Waals surface area contributed by atoms with Crippen LogP contribution in [-0.2, 0) is 0 Å². The predicted molar refractivity (Wildman–Crippen MR) is 186 cm³/mol. The standard InChI is InChI=1S/C41H27N5/c1-4-12-28(13-5-1)32-20-21-42-37(26-32)34-22-35(38-25-31-18-10-11-19-33(31)27-43-38)24-36(23-34)41-45-39(29-14-6-2-7-15-29)44-40(46-41)30-16-8-3-9-17-30/h1-27H. The lowest BCUT2D eigenvalue weighted by atomic mass is 9.97. The van der Waals surface area contributed by atoms with Crippen molar-refractivity contribution in [1.29, 1.82) is 0 Å². The highest BCUT2D eigenvalue weighted by molar-refractivity contribution is 5.87. The molecule has 0 aliphatic rings. The van der Waals surface area contributed by atoms with E-state index in [4.69, 9.17) is 24.9 Å². The van der Waals surface area contributed by atoms with Gasteiger partial charge in [-0.3, -0.25) is 9.97 Å². The normalized spacial score (nSPS) is 11.0. The number of rotatable bonds is 6. The SMILES string of the molecule is c1ccc(-c2ccnc(-c3cc(-c4cc5ccccc5cn4)cc(-c4nc(-c5ccccc5)nc(-c5ccccc5)n4)c3)c2)cc1. The molecule has 0 aliphatic heterocycles. The van der Waals surface area contributed by atoms with Gasteiger partial charge in [0.1, 0.15) is 0 Å². The Hall–Kier alpha value is -6.33. The molecule has 5 heteroatoms. The zero-order valence-electron chi connectivity index (χ0n) is 24.8. The summed E-state index contributed by atoms with van der Waals surface area (Å²) in [7, 11) is 0. The highest BCUT2D eigenvalue weighted by Gasteiger charge is 2.16. The summed E-state index contributed by atoms with van der Waals surface area (Å²) in [5.74, 6) is 1.81. The lowest BCUT2D eigenvalue weighted by Gasteiger charge is -2.13. The Morgan fingerprint density at radius 2 is 0.783 bits per heavy atom. The molecule has 0 radical (unpaired) electrons. The van der Waals surface area contributed by atoms with Crippen LogP contribution in [-0.4, -0.2) is 24.9 Å². The van der Waals surface area contributed by atoms with E-state index in [-0.39, 0.29) is 0 Å². The zero-order valence-corrected chi connectivity index (χ0v) is 24.8. The van der Waals surface area contributed by atoms with Crippen LogP contribution in [0.5, 0.6) is 0 Å². The van der Waals surface area contributed by atoms with Crippen molar-refractivity contribution in [2.24, 2.45) is 0 Å². The number of aromatic nitrogens is 5. The fraction of sp³-hybridized carbons (Fsp3) is 0. The van der Waals surface area contributed by atoms with Crippen molar-refractivity contribution in [3.8, 4) is 67.8 Å². The molecular weight excluding hydrogens is 562 g/mol. The highest BCUT2D eigenvalue weighted by Crippen LogP contribution is 2.34. The van der Waals surface area contributed by atoms with Crippen molar-refractivity contribution in [2.45, 2.75) is 0 Å². The molecule has 8 aromatic rings. The van der Waals surface area contributed by atoms with Crippen LogP contribution < -0.4 is 0 Å². The largest absolute Gasteiger partial charge is 0.256 e. The topological polar surface area (TPSA) is 64.5 Å². The number of nitrogens with zero attached hydrogens (tertiary/aromatic N) is 5. The van der Waals surface area contributed by atoms with Crippen molar-refractivity contribution in [1.82, 2.24) is 24.9 Å².